The molecule has 0 spiro atoms. The molecule has 2 amide bonds. The van der Waals surface area contributed by atoms with Crippen molar-refractivity contribution in [2.24, 2.45) is 17.8 Å². The fourth-order valence-electron chi connectivity index (χ4n) is 3.30. The number of hydrogen-bond acceptors (Lipinski definition) is 2. The molecule has 6 heteroatoms. The first-order chi connectivity index (χ1) is 11.5. The summed E-state index contributed by atoms with van der Waals surface area (Å²) in [6.07, 6.45) is 6.77. The molecule has 2 aliphatic rings. The van der Waals surface area contributed by atoms with Crippen molar-refractivity contribution >= 4 is 40.7 Å². The van der Waals surface area contributed by atoms with E-state index in [9.17, 15) is 9.59 Å². The van der Waals surface area contributed by atoms with E-state index in [-0.39, 0.29) is 29.6 Å². The Labute approximate surface area is 150 Å². The molecule has 0 bridgehead atoms. The average molecular weight is 365 g/mol. The van der Waals surface area contributed by atoms with Crippen LogP contribution in [0.2, 0.25) is 5.02 Å². The van der Waals surface area contributed by atoms with E-state index < -0.39 is 0 Å². The minimum absolute atomic E-state index is 0.0223. The number of hydrogen-bond donors (Lipinski definition) is 2. The van der Waals surface area contributed by atoms with Gasteiger partial charge in [-0.3, -0.25) is 9.59 Å². The third kappa shape index (κ3) is 4.00. The first-order valence-electron chi connectivity index (χ1n) is 7.89. The van der Waals surface area contributed by atoms with Gasteiger partial charge in [-0.15, -0.1) is 0 Å². The van der Waals surface area contributed by atoms with Crippen LogP contribution < -0.4 is 10.6 Å². The van der Waals surface area contributed by atoms with Gasteiger partial charge in [0.05, 0.1) is 5.92 Å². The highest BCUT2D eigenvalue weighted by molar-refractivity contribution is 6.31. The summed E-state index contributed by atoms with van der Waals surface area (Å²) >= 11 is 12.1. The molecule has 0 radical (unpaired) electrons. The fourth-order valence-corrected chi connectivity index (χ4v) is 3.74. The van der Waals surface area contributed by atoms with E-state index >= 15 is 0 Å². The first-order valence-corrected chi connectivity index (χ1v) is 8.64. The Hall–Kier alpha value is -1.78. The first kappa shape index (κ1) is 17.1. The smallest absolute Gasteiger partial charge is 0.229 e. The Morgan fingerprint density at radius 1 is 1.25 bits per heavy atom. The molecule has 1 saturated heterocycles. The van der Waals surface area contributed by atoms with Gasteiger partial charge < -0.3 is 10.6 Å². The maximum Gasteiger partial charge on any atom is 0.229 e. The molecule has 0 aromatic heterocycles. The highest BCUT2D eigenvalue weighted by Gasteiger charge is 2.38. The maximum absolute atomic E-state index is 12.7. The van der Waals surface area contributed by atoms with Crippen LogP contribution in [0.15, 0.2) is 47.5 Å². The summed E-state index contributed by atoms with van der Waals surface area (Å²) in [7, 11) is 0. The second-order valence-electron chi connectivity index (χ2n) is 6.14. The van der Waals surface area contributed by atoms with Gasteiger partial charge in [-0.05, 0) is 42.5 Å². The number of halogens is 2. The molecule has 3 unspecified atom stereocenters. The Morgan fingerprint density at radius 2 is 2.08 bits per heavy atom. The van der Waals surface area contributed by atoms with E-state index in [1.54, 1.807) is 24.3 Å². The van der Waals surface area contributed by atoms with E-state index in [1.165, 1.54) is 0 Å². The summed E-state index contributed by atoms with van der Waals surface area (Å²) in [5, 5.41) is 7.01. The number of amides is 2. The van der Waals surface area contributed by atoms with Crippen LogP contribution in [0.1, 0.15) is 12.8 Å². The Bertz CT molecular complexity index is 715. The molecule has 1 aromatic carbocycles. The van der Waals surface area contributed by atoms with Gasteiger partial charge >= 0.3 is 0 Å². The van der Waals surface area contributed by atoms with Crippen LogP contribution in [-0.4, -0.2) is 18.4 Å². The average Bonchev–Trinajstić information content (AvgIpc) is 2.54. The van der Waals surface area contributed by atoms with Crippen molar-refractivity contribution in [3.8, 4) is 0 Å². The normalized spacial score (nSPS) is 26.5. The molecular formula is C18H18Cl2N2O2. The third-order valence-corrected chi connectivity index (χ3v) is 5.02. The zero-order chi connectivity index (χ0) is 17.1. The van der Waals surface area contributed by atoms with Gasteiger partial charge in [-0.2, -0.15) is 0 Å². The number of carbonyl (C=O) groups is 2. The summed E-state index contributed by atoms with van der Waals surface area (Å²) < 4.78 is 0. The Balaban J connectivity index is 1.76. The molecule has 1 aliphatic carbocycles. The van der Waals surface area contributed by atoms with Crippen molar-refractivity contribution in [2.75, 3.05) is 11.9 Å². The van der Waals surface area contributed by atoms with Crippen molar-refractivity contribution in [2.45, 2.75) is 12.8 Å². The molecular weight excluding hydrogens is 347 g/mol. The van der Waals surface area contributed by atoms with Gasteiger partial charge in [-0.25, -0.2) is 0 Å². The van der Waals surface area contributed by atoms with E-state index in [4.69, 9.17) is 23.2 Å². The van der Waals surface area contributed by atoms with Crippen molar-refractivity contribution in [3.05, 3.63) is 52.5 Å². The number of benzene rings is 1. The monoisotopic (exact) mass is 364 g/mol. The third-order valence-electron chi connectivity index (χ3n) is 4.50. The van der Waals surface area contributed by atoms with E-state index in [0.29, 0.717) is 30.1 Å². The van der Waals surface area contributed by atoms with Gasteiger partial charge in [0, 0.05) is 28.7 Å². The summed E-state index contributed by atoms with van der Waals surface area (Å²) in [5.74, 6) is -0.425. The quantitative estimate of drug-likeness (QED) is 0.858. The van der Waals surface area contributed by atoms with Crippen LogP contribution >= 0.6 is 23.2 Å². The summed E-state index contributed by atoms with van der Waals surface area (Å²) in [5.41, 5.74) is 0.653. The minimum atomic E-state index is -0.307. The number of carbonyl (C=O) groups excluding carboxylic acids is 2. The van der Waals surface area contributed by atoms with Crippen LogP contribution in [-0.2, 0) is 9.59 Å². The second-order valence-corrected chi connectivity index (χ2v) is 7.07. The van der Waals surface area contributed by atoms with E-state index in [1.807, 2.05) is 18.2 Å². The van der Waals surface area contributed by atoms with Gasteiger partial charge in [0.2, 0.25) is 11.8 Å². The second kappa shape index (κ2) is 7.41. The molecule has 1 heterocycles. The van der Waals surface area contributed by atoms with Gasteiger partial charge in [-0.1, -0.05) is 41.4 Å². The highest BCUT2D eigenvalue weighted by atomic mass is 35.5. The van der Waals surface area contributed by atoms with Crippen molar-refractivity contribution in [3.63, 3.8) is 0 Å². The van der Waals surface area contributed by atoms with Crippen LogP contribution in [0.3, 0.4) is 0 Å². The lowest BCUT2D eigenvalue weighted by Gasteiger charge is -2.35. The molecule has 1 fully saturated rings. The summed E-state index contributed by atoms with van der Waals surface area (Å²) in [6, 6.07) is 7.03. The number of rotatable bonds is 3. The lowest BCUT2D eigenvalue weighted by Crippen LogP contribution is -2.48. The van der Waals surface area contributed by atoms with E-state index in [2.05, 4.69) is 10.6 Å². The van der Waals surface area contributed by atoms with Crippen LogP contribution in [0.5, 0.6) is 0 Å². The number of nitrogens with one attached hydrogen (secondary N) is 2. The molecule has 4 nitrogen and oxygen atoms in total. The van der Waals surface area contributed by atoms with E-state index in [0.717, 1.165) is 5.03 Å². The standard InChI is InChI=1S/C18H18Cl2N2O2/c19-12-4-1-3-11(7-12)15-9-17(23)21-10-16(15)18(24)22-14-6-2-5-13(20)8-14/h1-6,8,11,15-16H,7,9-10H2,(H,21,23)(H,22,24). The largest absolute Gasteiger partial charge is 0.355 e. The molecule has 3 rings (SSSR count). The molecule has 3 atom stereocenters. The fraction of sp³-hybridized carbons (Fsp3) is 0.333. The molecule has 0 saturated carbocycles. The Morgan fingerprint density at radius 3 is 2.83 bits per heavy atom. The van der Waals surface area contributed by atoms with Crippen LogP contribution in [0.25, 0.3) is 0 Å². The molecule has 126 valence electrons. The van der Waals surface area contributed by atoms with Gasteiger partial charge in [0.1, 0.15) is 0 Å². The molecule has 1 aromatic rings. The number of anilines is 1. The number of allylic oxidation sites excluding steroid dienone is 4. The molecule has 2 N–H and O–H groups in total. The maximum atomic E-state index is 12.7. The van der Waals surface area contributed by atoms with Crippen molar-refractivity contribution in [1.82, 2.24) is 5.32 Å². The lowest BCUT2D eigenvalue weighted by atomic mass is 9.74. The van der Waals surface area contributed by atoms with Crippen LogP contribution in [0.4, 0.5) is 5.69 Å². The van der Waals surface area contributed by atoms with Gasteiger partial charge in [0.15, 0.2) is 0 Å². The lowest BCUT2D eigenvalue weighted by molar-refractivity contribution is -0.129. The number of piperidine rings is 1. The minimum Gasteiger partial charge on any atom is -0.355 e. The van der Waals surface area contributed by atoms with Crippen molar-refractivity contribution in [1.29, 1.82) is 0 Å². The van der Waals surface area contributed by atoms with Crippen LogP contribution in [0, 0.1) is 17.8 Å². The predicted octanol–water partition coefficient (Wildman–Crippen LogP) is 3.73. The Kier molecular flexibility index (Phi) is 5.27. The molecule has 1 aliphatic heterocycles. The predicted molar refractivity (Wildman–Crippen MR) is 95.9 cm³/mol. The SMILES string of the molecule is O=C1CC(C2C=CC=C(Cl)C2)C(C(=O)Nc2cccc(Cl)c2)CN1. The summed E-state index contributed by atoms with van der Waals surface area (Å²) in [4.78, 5) is 24.6. The highest BCUT2D eigenvalue weighted by Crippen LogP contribution is 2.36. The summed E-state index contributed by atoms with van der Waals surface area (Å²) in [6.45, 7) is 0.335. The van der Waals surface area contributed by atoms with Crippen molar-refractivity contribution < 1.29 is 9.59 Å². The van der Waals surface area contributed by atoms with Gasteiger partial charge in [0.25, 0.3) is 0 Å². The zero-order valence-corrected chi connectivity index (χ0v) is 14.5. The zero-order valence-electron chi connectivity index (χ0n) is 13.0. The molecule has 24 heavy (non-hydrogen) atoms. The topological polar surface area (TPSA) is 58.2 Å².